The molecule has 142 valence electrons. The summed E-state index contributed by atoms with van der Waals surface area (Å²) in [7, 11) is -0.607. The second kappa shape index (κ2) is 7.54. The van der Waals surface area contributed by atoms with Crippen LogP contribution in [0.25, 0.3) is 0 Å². The minimum Gasteiger partial charge on any atom is -0.444 e. The Hall–Kier alpha value is -2.02. The fraction of sp³-hybridized carbons (Fsp3) is 0.350. The van der Waals surface area contributed by atoms with Gasteiger partial charge in [-0.15, -0.1) is 0 Å². The molecule has 0 bridgehead atoms. The first kappa shape index (κ1) is 19.7. The van der Waals surface area contributed by atoms with Crippen LogP contribution < -0.4 is 10.8 Å². The van der Waals surface area contributed by atoms with Gasteiger partial charge in [0.25, 0.3) is 0 Å². The molecule has 7 heteroatoms. The minimum atomic E-state index is -0.607. The van der Waals surface area contributed by atoms with E-state index >= 15 is 0 Å². The smallest absolute Gasteiger partial charge is 0.444 e. The predicted molar refractivity (Wildman–Crippen MR) is 107 cm³/mol. The minimum absolute atomic E-state index is 0.199. The van der Waals surface area contributed by atoms with Gasteiger partial charge in [-0.05, 0) is 51.5 Å². The molecule has 2 aromatic rings. The lowest BCUT2D eigenvalue weighted by molar-refractivity contribution is 0.00578. The first-order valence-corrected chi connectivity index (χ1v) is 9.18. The number of anilines is 1. The molecule has 1 aliphatic heterocycles. The summed E-state index contributed by atoms with van der Waals surface area (Å²) in [6, 6.07) is 14.6. The molecule has 1 aliphatic rings. The first-order valence-electron chi connectivity index (χ1n) is 8.81. The third-order valence-corrected chi connectivity index (χ3v) is 5.31. The lowest BCUT2D eigenvalue weighted by atomic mass is 9.79. The number of amides is 1. The summed E-state index contributed by atoms with van der Waals surface area (Å²) >= 11 is 6.34. The third-order valence-electron chi connectivity index (χ3n) is 4.96. The second-order valence-electron chi connectivity index (χ2n) is 7.51. The number of carbonyl (C=O) groups is 1. The molecule has 0 radical (unpaired) electrons. The van der Waals surface area contributed by atoms with Crippen LogP contribution in [-0.4, -0.2) is 24.4 Å². The van der Waals surface area contributed by atoms with Crippen molar-refractivity contribution in [2.45, 2.75) is 45.5 Å². The van der Waals surface area contributed by atoms with Gasteiger partial charge in [-0.1, -0.05) is 41.9 Å². The summed E-state index contributed by atoms with van der Waals surface area (Å²) in [6.07, 6.45) is -0.541. The van der Waals surface area contributed by atoms with Crippen molar-refractivity contribution in [2.75, 3.05) is 5.32 Å². The molecule has 3 rings (SSSR count). The summed E-state index contributed by atoms with van der Waals surface area (Å²) in [5.41, 5.74) is 1.19. The third kappa shape index (κ3) is 4.46. The van der Waals surface area contributed by atoms with Crippen molar-refractivity contribution in [3.05, 3.63) is 59.1 Å². The highest BCUT2D eigenvalue weighted by Crippen LogP contribution is 2.37. The van der Waals surface area contributed by atoms with Gasteiger partial charge in [0, 0.05) is 16.2 Å². The monoisotopic (exact) mass is 387 g/mol. The molecule has 1 fully saturated rings. The highest BCUT2D eigenvalue weighted by atomic mass is 35.5. The average molecular weight is 388 g/mol. The average Bonchev–Trinajstić information content (AvgIpc) is 2.83. The van der Waals surface area contributed by atoms with Crippen LogP contribution in [0.1, 0.15) is 33.3 Å². The summed E-state index contributed by atoms with van der Waals surface area (Å²) in [5, 5.41) is 3.22. The van der Waals surface area contributed by atoms with Crippen molar-refractivity contribution in [3.63, 3.8) is 0 Å². The lowest BCUT2D eigenvalue weighted by Gasteiger charge is -2.32. The van der Waals surface area contributed by atoms with Gasteiger partial charge in [-0.25, -0.2) is 4.79 Å². The Bertz CT molecular complexity index is 810. The Labute approximate surface area is 165 Å². The Balaban J connectivity index is 1.68. The van der Waals surface area contributed by atoms with Crippen molar-refractivity contribution in [1.29, 1.82) is 0 Å². The zero-order valence-electron chi connectivity index (χ0n) is 15.9. The first-order chi connectivity index (χ1) is 12.7. The van der Waals surface area contributed by atoms with Crippen LogP contribution in [0.4, 0.5) is 10.5 Å². The van der Waals surface area contributed by atoms with Gasteiger partial charge in [0.15, 0.2) is 0 Å². The van der Waals surface area contributed by atoms with Crippen molar-refractivity contribution >= 4 is 36.0 Å². The van der Waals surface area contributed by atoms with E-state index in [4.69, 9.17) is 25.6 Å². The second-order valence-corrected chi connectivity index (χ2v) is 7.92. The molecule has 0 aliphatic carbocycles. The van der Waals surface area contributed by atoms with Crippen LogP contribution in [0.3, 0.4) is 0 Å². The highest BCUT2D eigenvalue weighted by molar-refractivity contribution is 6.65. The number of hydrogen-bond acceptors (Lipinski definition) is 4. The summed E-state index contributed by atoms with van der Waals surface area (Å²) in [6.45, 7) is 8.10. The number of ether oxygens (including phenoxy) is 1. The Kier molecular flexibility index (Phi) is 5.51. The molecule has 0 saturated carbocycles. The standard InChI is InChI=1S/C20H23BClNO4/c1-19(2)20(3,4)27-21(26-19)16-12-15(10-11-17(16)22)23-18(24)25-13-14-8-6-5-7-9-14/h5-12H,13H2,1-4H3,(H,23,24). The molecule has 1 heterocycles. The van der Waals surface area contributed by atoms with Crippen LogP contribution >= 0.6 is 11.6 Å². The Morgan fingerprint density at radius 3 is 2.33 bits per heavy atom. The van der Waals surface area contributed by atoms with Gasteiger partial charge in [0.1, 0.15) is 6.61 Å². The van der Waals surface area contributed by atoms with Crippen LogP contribution in [0.2, 0.25) is 5.02 Å². The van der Waals surface area contributed by atoms with E-state index in [1.54, 1.807) is 18.2 Å². The summed E-state index contributed by atoms with van der Waals surface area (Å²) in [4.78, 5) is 12.1. The molecule has 0 spiro atoms. The molecule has 27 heavy (non-hydrogen) atoms. The van der Waals surface area contributed by atoms with E-state index in [1.165, 1.54) is 0 Å². The van der Waals surface area contributed by atoms with Gasteiger partial charge in [0.05, 0.1) is 11.2 Å². The van der Waals surface area contributed by atoms with E-state index in [1.807, 2.05) is 58.0 Å². The van der Waals surface area contributed by atoms with E-state index in [0.717, 1.165) is 5.56 Å². The molecule has 0 aromatic heterocycles. The quantitative estimate of drug-likeness (QED) is 0.791. The van der Waals surface area contributed by atoms with E-state index in [-0.39, 0.29) is 6.61 Å². The number of hydrogen-bond donors (Lipinski definition) is 1. The van der Waals surface area contributed by atoms with Gasteiger partial charge in [0.2, 0.25) is 0 Å². The maximum atomic E-state index is 12.1. The van der Waals surface area contributed by atoms with Gasteiger partial charge < -0.3 is 14.0 Å². The van der Waals surface area contributed by atoms with E-state index in [2.05, 4.69) is 5.32 Å². The van der Waals surface area contributed by atoms with Gasteiger partial charge in [-0.2, -0.15) is 0 Å². The molecule has 1 N–H and O–H groups in total. The molecule has 0 unspecified atom stereocenters. The Morgan fingerprint density at radius 2 is 1.70 bits per heavy atom. The molecule has 1 saturated heterocycles. The lowest BCUT2D eigenvalue weighted by Crippen LogP contribution is -2.41. The van der Waals surface area contributed by atoms with Gasteiger partial charge in [-0.3, -0.25) is 5.32 Å². The van der Waals surface area contributed by atoms with Gasteiger partial charge >= 0.3 is 13.2 Å². The van der Waals surface area contributed by atoms with Crippen LogP contribution in [0, 0.1) is 0 Å². The van der Waals surface area contributed by atoms with Crippen molar-refractivity contribution < 1.29 is 18.8 Å². The maximum Gasteiger partial charge on any atom is 0.496 e. The molecule has 5 nitrogen and oxygen atoms in total. The predicted octanol–water partition coefficient (Wildman–Crippen LogP) is 4.39. The molecule has 0 atom stereocenters. The van der Waals surface area contributed by atoms with E-state index < -0.39 is 24.4 Å². The molecule has 2 aromatic carbocycles. The van der Waals surface area contributed by atoms with Crippen LogP contribution in [0.15, 0.2) is 48.5 Å². The molecular weight excluding hydrogens is 364 g/mol. The SMILES string of the molecule is CC1(C)OB(c2cc(NC(=O)OCc3ccccc3)ccc2Cl)OC1(C)C. The highest BCUT2D eigenvalue weighted by Gasteiger charge is 2.52. The fourth-order valence-corrected chi connectivity index (χ4v) is 2.86. The summed E-state index contributed by atoms with van der Waals surface area (Å²) in [5.74, 6) is 0. The summed E-state index contributed by atoms with van der Waals surface area (Å²) < 4.78 is 17.3. The molecule has 1 amide bonds. The number of halogens is 1. The van der Waals surface area contributed by atoms with E-state index in [9.17, 15) is 4.79 Å². The topological polar surface area (TPSA) is 56.8 Å². The van der Waals surface area contributed by atoms with Crippen molar-refractivity contribution in [1.82, 2.24) is 0 Å². The normalized spacial score (nSPS) is 17.6. The van der Waals surface area contributed by atoms with Crippen LogP contribution in [-0.2, 0) is 20.7 Å². The zero-order valence-corrected chi connectivity index (χ0v) is 16.7. The molecular formula is C20H23BClNO4. The van der Waals surface area contributed by atoms with Crippen LogP contribution in [0.5, 0.6) is 0 Å². The number of benzene rings is 2. The largest absolute Gasteiger partial charge is 0.496 e. The number of carbonyl (C=O) groups excluding carboxylic acids is 1. The number of nitrogens with one attached hydrogen (secondary N) is 1. The zero-order chi connectivity index (χ0) is 19.7. The van der Waals surface area contributed by atoms with Crippen molar-refractivity contribution in [2.24, 2.45) is 0 Å². The van der Waals surface area contributed by atoms with Crippen molar-refractivity contribution in [3.8, 4) is 0 Å². The fourth-order valence-electron chi connectivity index (χ4n) is 2.65. The Morgan fingerprint density at radius 1 is 1.07 bits per heavy atom. The number of rotatable bonds is 4. The maximum absolute atomic E-state index is 12.1. The van der Waals surface area contributed by atoms with E-state index in [0.29, 0.717) is 16.2 Å².